The molecule has 0 amide bonds. The predicted molar refractivity (Wildman–Crippen MR) is 16.9 cm³/mol. The Balaban J connectivity index is -0.00000000750. The van der Waals surface area contributed by atoms with Gasteiger partial charge in [0.25, 0.3) is 0 Å². The topological polar surface area (TPSA) is 63.2 Å². The van der Waals surface area contributed by atoms with E-state index in [1.165, 1.54) is 0 Å². The van der Waals surface area contributed by atoms with E-state index in [2.05, 4.69) is 0 Å². The molecule has 0 radical (unpaired) electrons. The van der Waals surface area contributed by atoms with Crippen molar-refractivity contribution in [3.8, 4) is 0 Å². The largest absolute Gasteiger partial charge is 2.00 e. The first-order chi connectivity index (χ1) is 1.73. The average molecular weight is 215 g/mol. The Hall–Kier alpha value is 2.24. The first-order valence-corrected chi connectivity index (χ1v) is 0.612. The van der Waals surface area contributed by atoms with Crippen molar-refractivity contribution in [1.29, 1.82) is 0 Å². The number of carbonyl (C=O) groups is 1. The van der Waals surface area contributed by atoms with Crippen LogP contribution in [0.1, 0.15) is 0 Å². The molecular formula is CCa2FFeO3+3. The SMILES string of the molecule is O=C([O-])[O-].[Ca+2].[Ca+2].[F-].[Fe+2]. The maximum absolute atomic E-state index is 8.33. The summed E-state index contributed by atoms with van der Waals surface area (Å²) in [5.74, 6) is 0. The minimum atomic E-state index is -2.33. The molecule has 0 aromatic rings. The fraction of sp³-hybridized carbons (Fsp3) is 0. The van der Waals surface area contributed by atoms with Crippen LogP contribution in [0.5, 0.6) is 0 Å². The zero-order chi connectivity index (χ0) is 3.58. The molecule has 0 aliphatic carbocycles. The summed E-state index contributed by atoms with van der Waals surface area (Å²) in [4.78, 5) is 8.33. The molecule has 38 valence electrons. The van der Waals surface area contributed by atoms with Crippen LogP contribution in [-0.2, 0) is 17.1 Å². The number of carbonyl (C=O) groups excluding carboxylic acids is 1. The number of carboxylic acid groups (broad SMARTS) is 2. The Morgan fingerprint density at radius 3 is 1.12 bits per heavy atom. The average Bonchev–Trinajstić information content (AvgIpc) is 0.811. The number of hydrogen-bond donors (Lipinski definition) is 0. The second kappa shape index (κ2) is 22.8. The first-order valence-electron chi connectivity index (χ1n) is 0.612. The molecular weight excluding hydrogens is 215 g/mol. The van der Waals surface area contributed by atoms with Gasteiger partial charge in [-0.3, -0.25) is 0 Å². The van der Waals surface area contributed by atoms with Gasteiger partial charge in [-0.05, 0) is 6.16 Å². The summed E-state index contributed by atoms with van der Waals surface area (Å²) in [6, 6.07) is 0. The molecule has 0 atom stereocenters. The Kier molecular flexibility index (Phi) is 90.9. The third kappa shape index (κ3) is 86.1. The van der Waals surface area contributed by atoms with Gasteiger partial charge in [0.05, 0.1) is 0 Å². The zero-order valence-electron chi connectivity index (χ0n) is 3.87. The fourth-order valence-corrected chi connectivity index (χ4v) is 0. The fourth-order valence-electron chi connectivity index (χ4n) is 0. The van der Waals surface area contributed by atoms with E-state index in [1.54, 1.807) is 0 Å². The van der Waals surface area contributed by atoms with Crippen molar-refractivity contribution in [3.05, 3.63) is 0 Å². The van der Waals surface area contributed by atoms with Crippen LogP contribution in [0.4, 0.5) is 4.79 Å². The molecule has 7 heteroatoms. The molecule has 0 spiro atoms. The monoisotopic (exact) mass is 215 g/mol. The maximum atomic E-state index is 8.33. The minimum absolute atomic E-state index is 0. The summed E-state index contributed by atoms with van der Waals surface area (Å²) < 4.78 is 0. The van der Waals surface area contributed by atoms with Gasteiger partial charge in [0.1, 0.15) is 0 Å². The number of rotatable bonds is 0. The Morgan fingerprint density at radius 1 is 1.12 bits per heavy atom. The first kappa shape index (κ1) is 31.8. The van der Waals surface area contributed by atoms with Gasteiger partial charge in [-0.1, -0.05) is 0 Å². The molecule has 0 fully saturated rings. The molecule has 0 aromatic heterocycles. The van der Waals surface area contributed by atoms with Crippen molar-refractivity contribution in [2.24, 2.45) is 0 Å². The van der Waals surface area contributed by atoms with Crippen LogP contribution in [-0.4, -0.2) is 81.6 Å². The van der Waals surface area contributed by atoms with E-state index in [4.69, 9.17) is 15.0 Å². The van der Waals surface area contributed by atoms with E-state index in [-0.39, 0.29) is 97.2 Å². The van der Waals surface area contributed by atoms with Gasteiger partial charge < -0.3 is 19.7 Å². The Bertz CT molecular complexity index is 40.3. The van der Waals surface area contributed by atoms with E-state index >= 15 is 0 Å². The van der Waals surface area contributed by atoms with Crippen LogP contribution in [0.15, 0.2) is 0 Å². The predicted octanol–water partition coefficient (Wildman–Crippen LogP) is -6.21. The van der Waals surface area contributed by atoms with Gasteiger partial charge in [-0.15, -0.1) is 0 Å². The molecule has 0 aliphatic heterocycles. The summed E-state index contributed by atoms with van der Waals surface area (Å²) in [6.07, 6.45) is -2.33. The minimum Gasteiger partial charge on any atom is -1.00 e. The molecule has 0 rings (SSSR count). The molecule has 0 saturated carbocycles. The van der Waals surface area contributed by atoms with Gasteiger partial charge in [0, 0.05) is 0 Å². The molecule has 0 heterocycles. The second-order valence-corrected chi connectivity index (χ2v) is 0.250. The van der Waals surface area contributed by atoms with Crippen LogP contribution < -0.4 is 14.9 Å². The second-order valence-electron chi connectivity index (χ2n) is 0.250. The number of hydrogen-bond acceptors (Lipinski definition) is 3. The van der Waals surface area contributed by atoms with Gasteiger partial charge in [-0.2, -0.15) is 0 Å². The van der Waals surface area contributed by atoms with Crippen LogP contribution in [0, 0.1) is 0 Å². The van der Waals surface area contributed by atoms with E-state index in [1.807, 2.05) is 0 Å². The van der Waals surface area contributed by atoms with Crippen LogP contribution >= 0.6 is 0 Å². The molecule has 0 saturated heterocycles. The van der Waals surface area contributed by atoms with Crippen LogP contribution in [0.3, 0.4) is 0 Å². The van der Waals surface area contributed by atoms with Crippen LogP contribution in [0.25, 0.3) is 0 Å². The van der Waals surface area contributed by atoms with Crippen molar-refractivity contribution < 1.29 is 36.8 Å². The normalized spacial score (nSPS) is 3.00. The standard InChI is InChI=1S/CH2O3.2Ca.FH.Fe/c2-1(3)4;;;;/h(H2,2,3,4);;;1H;/q;2*+2;;+2/p-3. The third-order valence-corrected chi connectivity index (χ3v) is 0. The van der Waals surface area contributed by atoms with Gasteiger partial charge >= 0.3 is 92.5 Å². The van der Waals surface area contributed by atoms with E-state index in [9.17, 15) is 0 Å². The van der Waals surface area contributed by atoms with Crippen LogP contribution in [0.2, 0.25) is 0 Å². The Labute approximate surface area is 116 Å². The van der Waals surface area contributed by atoms with Gasteiger partial charge in [-0.25, -0.2) is 0 Å². The summed E-state index contributed by atoms with van der Waals surface area (Å²) in [7, 11) is 0. The smallest absolute Gasteiger partial charge is 1.00 e. The number of halogens is 1. The summed E-state index contributed by atoms with van der Waals surface area (Å²) >= 11 is 0. The molecule has 0 N–H and O–H groups in total. The summed E-state index contributed by atoms with van der Waals surface area (Å²) in [5, 5.41) is 16.7. The van der Waals surface area contributed by atoms with Gasteiger partial charge in [0.15, 0.2) is 0 Å². The van der Waals surface area contributed by atoms with Gasteiger partial charge in [0.2, 0.25) is 0 Å². The molecule has 0 aliphatic rings. The third-order valence-electron chi connectivity index (χ3n) is 0. The van der Waals surface area contributed by atoms with Crippen molar-refractivity contribution >= 4 is 81.6 Å². The van der Waals surface area contributed by atoms with E-state index in [0.29, 0.717) is 0 Å². The Morgan fingerprint density at radius 2 is 1.12 bits per heavy atom. The maximum Gasteiger partial charge on any atom is 2.00 e. The van der Waals surface area contributed by atoms with E-state index in [0.717, 1.165) is 0 Å². The van der Waals surface area contributed by atoms with E-state index < -0.39 is 6.16 Å². The van der Waals surface area contributed by atoms with Crippen molar-refractivity contribution in [2.75, 3.05) is 0 Å². The van der Waals surface area contributed by atoms with Crippen molar-refractivity contribution in [2.45, 2.75) is 0 Å². The zero-order valence-corrected chi connectivity index (χ0v) is 9.39. The molecule has 8 heavy (non-hydrogen) atoms. The summed E-state index contributed by atoms with van der Waals surface area (Å²) in [6.45, 7) is 0. The molecule has 0 unspecified atom stereocenters. The summed E-state index contributed by atoms with van der Waals surface area (Å²) in [5.41, 5.74) is 0. The molecule has 3 nitrogen and oxygen atoms in total. The quantitative estimate of drug-likeness (QED) is 0.378. The van der Waals surface area contributed by atoms with Crippen molar-refractivity contribution in [3.63, 3.8) is 0 Å². The molecule has 0 bridgehead atoms. The molecule has 0 aromatic carbocycles. The van der Waals surface area contributed by atoms with Crippen molar-refractivity contribution in [1.82, 2.24) is 0 Å².